The highest BCUT2D eigenvalue weighted by Gasteiger charge is 2.44. The number of anilines is 2. The van der Waals surface area contributed by atoms with Crippen LogP contribution in [0.15, 0.2) is 31.0 Å². The molecule has 2 aliphatic heterocycles. The highest BCUT2D eigenvalue weighted by Crippen LogP contribution is 2.32. The van der Waals surface area contributed by atoms with E-state index in [-0.39, 0.29) is 6.04 Å². The second kappa shape index (κ2) is 8.17. The van der Waals surface area contributed by atoms with E-state index in [1.807, 2.05) is 12.1 Å². The summed E-state index contributed by atoms with van der Waals surface area (Å²) in [5.74, 6) is 1.45. The highest BCUT2D eigenvalue weighted by atomic mass is 35.5. The van der Waals surface area contributed by atoms with Gasteiger partial charge in [-0.2, -0.15) is 0 Å². The van der Waals surface area contributed by atoms with E-state index >= 15 is 0 Å². The molecule has 5 atom stereocenters. The van der Waals surface area contributed by atoms with E-state index < -0.39 is 31.1 Å². The Hall–Kier alpha value is -2.57. The Balaban J connectivity index is 1.34. The van der Waals surface area contributed by atoms with Crippen LogP contribution >= 0.6 is 11.6 Å². The Bertz CT molecular complexity index is 1070. The second-order valence-corrected chi connectivity index (χ2v) is 8.12. The molecule has 164 valence electrons. The molecular weight excluding hydrogens is 426 g/mol. The van der Waals surface area contributed by atoms with Crippen molar-refractivity contribution in [2.75, 3.05) is 29.9 Å². The molecule has 11 nitrogen and oxygen atoms in total. The number of ether oxygens (including phenoxy) is 1. The van der Waals surface area contributed by atoms with E-state index in [2.05, 4.69) is 30.2 Å². The molecule has 2 fully saturated rings. The molecule has 0 aliphatic carbocycles. The van der Waals surface area contributed by atoms with E-state index in [0.29, 0.717) is 22.0 Å². The van der Waals surface area contributed by atoms with Crippen LogP contribution in [0, 0.1) is 0 Å². The van der Waals surface area contributed by atoms with Gasteiger partial charge in [0.25, 0.3) is 0 Å². The Morgan fingerprint density at radius 1 is 1.16 bits per heavy atom. The third-order valence-corrected chi connectivity index (χ3v) is 5.94. The van der Waals surface area contributed by atoms with E-state index in [9.17, 15) is 15.3 Å². The predicted molar refractivity (Wildman–Crippen MR) is 112 cm³/mol. The smallest absolute Gasteiger partial charge is 0.167 e. The number of aliphatic hydroxyl groups excluding tert-OH is 3. The van der Waals surface area contributed by atoms with Crippen LogP contribution < -0.4 is 10.2 Å². The van der Waals surface area contributed by atoms with Crippen LogP contribution in [0.5, 0.6) is 0 Å². The number of pyridine rings is 1. The molecule has 5 rings (SSSR count). The van der Waals surface area contributed by atoms with Crippen LogP contribution in [0.25, 0.3) is 11.2 Å². The number of aliphatic hydroxyl groups is 3. The molecular formula is C19H22ClN7O4. The first kappa shape index (κ1) is 20.3. The molecule has 3 aromatic heterocycles. The van der Waals surface area contributed by atoms with Gasteiger partial charge >= 0.3 is 0 Å². The molecule has 0 saturated carbocycles. The number of rotatable bonds is 5. The lowest BCUT2D eigenvalue weighted by atomic mass is 10.1. The summed E-state index contributed by atoms with van der Waals surface area (Å²) in [7, 11) is 0. The molecule has 0 radical (unpaired) electrons. The third kappa shape index (κ3) is 3.68. The first-order valence-electron chi connectivity index (χ1n) is 9.98. The normalized spacial score (nSPS) is 28.5. The third-order valence-electron chi connectivity index (χ3n) is 5.71. The van der Waals surface area contributed by atoms with Gasteiger partial charge in [-0.25, -0.2) is 19.9 Å². The number of hydrogen-bond donors (Lipinski definition) is 4. The zero-order chi connectivity index (χ0) is 21.5. The van der Waals surface area contributed by atoms with E-state index in [4.69, 9.17) is 16.3 Å². The first-order valence-corrected chi connectivity index (χ1v) is 10.4. The second-order valence-electron chi connectivity index (χ2n) is 7.69. The maximum atomic E-state index is 10.3. The molecule has 0 aromatic carbocycles. The summed E-state index contributed by atoms with van der Waals surface area (Å²) < 4.78 is 7.15. The van der Waals surface area contributed by atoms with Gasteiger partial charge in [0.05, 0.1) is 18.0 Å². The molecule has 31 heavy (non-hydrogen) atoms. The van der Waals surface area contributed by atoms with Crippen LogP contribution in [0.1, 0.15) is 12.6 Å². The van der Waals surface area contributed by atoms with Crippen LogP contribution in [-0.2, 0) is 4.74 Å². The molecule has 0 unspecified atom stereocenters. The summed E-state index contributed by atoms with van der Waals surface area (Å²) in [6.45, 7) is 1.19. The number of hydrogen-bond acceptors (Lipinski definition) is 10. The maximum absolute atomic E-state index is 10.3. The monoisotopic (exact) mass is 447 g/mol. The number of fused-ring (bicyclic) bond motifs is 1. The maximum Gasteiger partial charge on any atom is 0.167 e. The highest BCUT2D eigenvalue weighted by molar-refractivity contribution is 6.30. The van der Waals surface area contributed by atoms with Gasteiger partial charge in [0.2, 0.25) is 0 Å². The number of imidazole rings is 1. The van der Waals surface area contributed by atoms with Crippen molar-refractivity contribution in [2.45, 2.75) is 37.0 Å². The van der Waals surface area contributed by atoms with Crippen molar-refractivity contribution in [3.05, 3.63) is 36.0 Å². The van der Waals surface area contributed by atoms with Gasteiger partial charge in [-0.1, -0.05) is 11.6 Å². The fourth-order valence-electron chi connectivity index (χ4n) is 4.09. The van der Waals surface area contributed by atoms with Crippen molar-refractivity contribution in [1.29, 1.82) is 0 Å². The van der Waals surface area contributed by atoms with Crippen molar-refractivity contribution < 1.29 is 20.1 Å². The van der Waals surface area contributed by atoms with Gasteiger partial charge < -0.3 is 30.3 Å². The minimum Gasteiger partial charge on any atom is -0.394 e. The number of aromatic nitrogens is 5. The van der Waals surface area contributed by atoms with E-state index in [1.54, 1.807) is 10.8 Å². The standard InChI is InChI=1S/C19H22ClN7O4/c20-10-1-2-13(21-5-10)26-4-3-11(6-26)25-17-14-18(23-8-22-17)27(9-24-14)19-16(30)15(29)12(7-28)31-19/h1-2,5,8-9,11-12,15-16,19,28-30H,3-4,6-7H2,(H,22,23,25)/t11-,12+,15-,16-,19+/m0/s1. The van der Waals surface area contributed by atoms with Crippen molar-refractivity contribution in [3.63, 3.8) is 0 Å². The van der Waals surface area contributed by atoms with Gasteiger partial charge in [-0.05, 0) is 18.6 Å². The quantitative estimate of drug-likeness (QED) is 0.427. The van der Waals surface area contributed by atoms with Crippen molar-refractivity contribution in [3.8, 4) is 0 Å². The molecule has 0 bridgehead atoms. The van der Waals surface area contributed by atoms with Gasteiger partial charge in [-0.15, -0.1) is 0 Å². The van der Waals surface area contributed by atoms with Gasteiger partial charge in [0.1, 0.15) is 30.5 Å². The molecule has 0 amide bonds. The summed E-state index contributed by atoms with van der Waals surface area (Å²) in [5, 5.41) is 33.7. The van der Waals surface area contributed by atoms with E-state index in [0.717, 1.165) is 25.3 Å². The lowest BCUT2D eigenvalue weighted by Gasteiger charge is -2.18. The summed E-state index contributed by atoms with van der Waals surface area (Å²) in [5.41, 5.74) is 0.991. The van der Waals surface area contributed by atoms with Crippen LogP contribution in [0.2, 0.25) is 5.02 Å². The zero-order valence-corrected chi connectivity index (χ0v) is 17.2. The first-order chi connectivity index (χ1) is 15.0. The number of halogens is 1. The summed E-state index contributed by atoms with van der Waals surface area (Å²) in [6.07, 6.45) is 1.25. The largest absolute Gasteiger partial charge is 0.394 e. The molecule has 12 heteroatoms. The Morgan fingerprint density at radius 3 is 2.77 bits per heavy atom. The summed E-state index contributed by atoms with van der Waals surface area (Å²) >= 11 is 5.92. The van der Waals surface area contributed by atoms with Crippen LogP contribution in [0.3, 0.4) is 0 Å². The minimum atomic E-state index is -1.21. The Morgan fingerprint density at radius 2 is 2.03 bits per heavy atom. The topological polar surface area (TPSA) is 142 Å². The van der Waals surface area contributed by atoms with Crippen LogP contribution in [0.4, 0.5) is 11.6 Å². The molecule has 4 N–H and O–H groups in total. The predicted octanol–water partition coefficient (Wildman–Crippen LogP) is 0.177. The molecule has 5 heterocycles. The molecule has 3 aromatic rings. The summed E-state index contributed by atoms with van der Waals surface area (Å²) in [6, 6.07) is 3.86. The fourth-order valence-corrected chi connectivity index (χ4v) is 4.20. The minimum absolute atomic E-state index is 0.134. The van der Waals surface area contributed by atoms with E-state index in [1.165, 1.54) is 12.7 Å². The summed E-state index contributed by atoms with van der Waals surface area (Å²) in [4.78, 5) is 19.6. The lowest BCUT2D eigenvalue weighted by molar-refractivity contribution is -0.0511. The van der Waals surface area contributed by atoms with Gasteiger partial charge in [0, 0.05) is 25.3 Å². The molecule has 2 saturated heterocycles. The average molecular weight is 448 g/mol. The Labute approximate surface area is 182 Å². The number of nitrogens with one attached hydrogen (secondary N) is 1. The molecule has 2 aliphatic rings. The fraction of sp³-hybridized carbons (Fsp3) is 0.474. The SMILES string of the molecule is OC[C@H]1O[C@@H](n2cnc3c(N[C@H]4CCN(c5ccc(Cl)cn5)C4)ncnc32)[C@@H](O)[C@H]1O. The van der Waals surface area contributed by atoms with Crippen LogP contribution in [-0.4, -0.2) is 83.9 Å². The number of nitrogens with zero attached hydrogens (tertiary/aromatic N) is 6. The zero-order valence-electron chi connectivity index (χ0n) is 16.4. The van der Waals surface area contributed by atoms with Crippen molar-refractivity contribution in [1.82, 2.24) is 24.5 Å². The lowest BCUT2D eigenvalue weighted by Crippen LogP contribution is -2.33. The van der Waals surface area contributed by atoms with Gasteiger partial charge in [-0.3, -0.25) is 4.57 Å². The van der Waals surface area contributed by atoms with Crippen molar-refractivity contribution in [2.24, 2.45) is 0 Å². The molecule has 0 spiro atoms. The van der Waals surface area contributed by atoms with Gasteiger partial charge in [0.15, 0.2) is 23.2 Å². The Kier molecular flexibility index (Phi) is 5.36. The average Bonchev–Trinajstić information content (AvgIpc) is 3.48. The van der Waals surface area contributed by atoms with Crippen molar-refractivity contribution >= 4 is 34.4 Å².